The summed E-state index contributed by atoms with van der Waals surface area (Å²) in [6, 6.07) is 7.55. The van der Waals surface area contributed by atoms with E-state index in [1.165, 1.54) is 0 Å². The third kappa shape index (κ3) is 5.76. The molecule has 4 nitrogen and oxygen atoms in total. The van der Waals surface area contributed by atoms with Crippen LogP contribution >= 0.6 is 0 Å². The zero-order valence-electron chi connectivity index (χ0n) is 12.8. The molecule has 0 saturated carbocycles. The minimum Gasteiger partial charge on any atom is -0.491 e. The second-order valence-electron chi connectivity index (χ2n) is 5.48. The lowest BCUT2D eigenvalue weighted by molar-refractivity contribution is -0.116. The normalized spacial score (nSPS) is 17.7. The molecule has 1 atom stereocenters. The highest BCUT2D eigenvalue weighted by Crippen LogP contribution is 2.20. The van der Waals surface area contributed by atoms with E-state index in [0.717, 1.165) is 50.1 Å². The highest BCUT2D eigenvalue weighted by atomic mass is 16.5. The molecule has 116 valence electrons. The van der Waals surface area contributed by atoms with E-state index >= 15 is 0 Å². The number of nitrogens with one attached hydrogen (secondary N) is 1. The van der Waals surface area contributed by atoms with Crippen molar-refractivity contribution in [2.45, 2.75) is 51.6 Å². The van der Waals surface area contributed by atoms with Crippen molar-refractivity contribution in [1.29, 1.82) is 0 Å². The molecule has 4 heteroatoms. The third-order valence-electron chi connectivity index (χ3n) is 3.59. The van der Waals surface area contributed by atoms with E-state index in [4.69, 9.17) is 9.47 Å². The summed E-state index contributed by atoms with van der Waals surface area (Å²) in [5, 5.41) is 2.92. The van der Waals surface area contributed by atoms with Gasteiger partial charge in [0.05, 0.1) is 6.10 Å². The smallest absolute Gasteiger partial charge is 0.224 e. The van der Waals surface area contributed by atoms with Gasteiger partial charge in [0.25, 0.3) is 0 Å². The van der Waals surface area contributed by atoms with E-state index in [2.05, 4.69) is 12.2 Å². The fourth-order valence-corrected chi connectivity index (χ4v) is 2.39. The van der Waals surface area contributed by atoms with Crippen LogP contribution in [0.15, 0.2) is 24.3 Å². The van der Waals surface area contributed by atoms with Gasteiger partial charge in [0, 0.05) is 24.8 Å². The summed E-state index contributed by atoms with van der Waals surface area (Å²) in [5.41, 5.74) is 0.793. The predicted molar refractivity (Wildman–Crippen MR) is 83.7 cm³/mol. The zero-order valence-corrected chi connectivity index (χ0v) is 12.8. The number of hydrogen-bond donors (Lipinski definition) is 1. The molecular formula is C17H25NO3. The molecule has 1 N–H and O–H groups in total. The van der Waals surface area contributed by atoms with Gasteiger partial charge in [0.2, 0.25) is 5.91 Å². The van der Waals surface area contributed by atoms with Gasteiger partial charge in [-0.3, -0.25) is 4.79 Å². The molecule has 1 aromatic rings. The molecule has 0 bridgehead atoms. The number of carbonyl (C=O) groups excluding carboxylic acids is 1. The molecule has 1 unspecified atom stereocenters. The minimum absolute atomic E-state index is 0.0692. The average Bonchev–Trinajstić information content (AvgIpc) is 2.99. The zero-order chi connectivity index (χ0) is 14.9. The summed E-state index contributed by atoms with van der Waals surface area (Å²) in [6.45, 7) is 3.54. The van der Waals surface area contributed by atoms with Crippen LogP contribution in [-0.4, -0.2) is 25.2 Å². The van der Waals surface area contributed by atoms with Crippen LogP contribution in [0.2, 0.25) is 0 Å². The van der Waals surface area contributed by atoms with Crippen molar-refractivity contribution >= 4 is 11.6 Å². The van der Waals surface area contributed by atoms with Crippen LogP contribution in [0.25, 0.3) is 0 Å². The monoisotopic (exact) mass is 291 g/mol. The Morgan fingerprint density at radius 2 is 2.33 bits per heavy atom. The number of carbonyl (C=O) groups is 1. The fraction of sp³-hybridized carbons (Fsp3) is 0.588. The number of benzene rings is 1. The predicted octanol–water partition coefficient (Wildman–Crippen LogP) is 3.76. The molecular weight excluding hydrogens is 266 g/mol. The van der Waals surface area contributed by atoms with E-state index in [1.807, 2.05) is 24.3 Å². The third-order valence-corrected chi connectivity index (χ3v) is 3.59. The molecule has 0 spiro atoms. The van der Waals surface area contributed by atoms with Gasteiger partial charge in [-0.25, -0.2) is 0 Å². The van der Waals surface area contributed by atoms with Crippen molar-refractivity contribution in [3.63, 3.8) is 0 Å². The van der Waals surface area contributed by atoms with Crippen LogP contribution in [-0.2, 0) is 9.53 Å². The van der Waals surface area contributed by atoms with E-state index in [1.54, 1.807) is 0 Å². The van der Waals surface area contributed by atoms with Gasteiger partial charge < -0.3 is 14.8 Å². The molecule has 2 rings (SSSR count). The lowest BCUT2D eigenvalue weighted by Gasteiger charge is -2.12. The average molecular weight is 291 g/mol. The van der Waals surface area contributed by atoms with E-state index in [0.29, 0.717) is 13.0 Å². The standard InChI is InChI=1S/C17H25NO3/c1-2-3-4-10-17(19)18-14-7-5-8-15(12-14)21-13-16-9-6-11-20-16/h5,7-8,12,16H,2-4,6,9-11,13H2,1H3,(H,18,19). The number of ether oxygens (including phenoxy) is 2. The highest BCUT2D eigenvalue weighted by molar-refractivity contribution is 5.90. The number of unbranched alkanes of at least 4 members (excludes halogenated alkanes) is 2. The highest BCUT2D eigenvalue weighted by Gasteiger charge is 2.16. The first-order chi connectivity index (χ1) is 10.3. The minimum atomic E-state index is 0.0692. The molecule has 1 fully saturated rings. The van der Waals surface area contributed by atoms with Crippen LogP contribution in [0.4, 0.5) is 5.69 Å². The lowest BCUT2D eigenvalue weighted by Crippen LogP contribution is -2.16. The first-order valence-electron chi connectivity index (χ1n) is 7.92. The van der Waals surface area contributed by atoms with Crippen LogP contribution in [0.5, 0.6) is 5.75 Å². The summed E-state index contributed by atoms with van der Waals surface area (Å²) in [5.74, 6) is 0.844. The van der Waals surface area contributed by atoms with Crippen LogP contribution in [0.1, 0.15) is 45.4 Å². The Labute approximate surface area is 126 Å². The summed E-state index contributed by atoms with van der Waals surface area (Å²) >= 11 is 0. The molecule has 1 saturated heterocycles. The Kier molecular flexibility index (Phi) is 6.54. The summed E-state index contributed by atoms with van der Waals surface area (Å²) in [6.07, 6.45) is 6.12. The molecule has 1 amide bonds. The van der Waals surface area contributed by atoms with Crippen LogP contribution in [0.3, 0.4) is 0 Å². The number of rotatable bonds is 8. The van der Waals surface area contributed by atoms with Gasteiger partial charge in [-0.1, -0.05) is 25.8 Å². The number of amides is 1. The Morgan fingerprint density at radius 1 is 1.43 bits per heavy atom. The van der Waals surface area contributed by atoms with Crippen molar-refractivity contribution < 1.29 is 14.3 Å². The van der Waals surface area contributed by atoms with Gasteiger partial charge in [0.1, 0.15) is 12.4 Å². The fourth-order valence-electron chi connectivity index (χ4n) is 2.39. The van der Waals surface area contributed by atoms with Gasteiger partial charge in [-0.05, 0) is 31.4 Å². The Bertz CT molecular complexity index is 441. The van der Waals surface area contributed by atoms with Crippen molar-refractivity contribution in [2.75, 3.05) is 18.5 Å². The van der Waals surface area contributed by atoms with Gasteiger partial charge >= 0.3 is 0 Å². The maximum absolute atomic E-state index is 11.8. The Balaban J connectivity index is 1.78. The van der Waals surface area contributed by atoms with Crippen molar-refractivity contribution in [3.05, 3.63) is 24.3 Å². The molecule has 1 aliphatic heterocycles. The molecule has 0 aromatic heterocycles. The molecule has 0 radical (unpaired) electrons. The molecule has 0 aliphatic carbocycles. The van der Waals surface area contributed by atoms with E-state index in [-0.39, 0.29) is 12.0 Å². The van der Waals surface area contributed by atoms with Gasteiger partial charge in [-0.15, -0.1) is 0 Å². The van der Waals surface area contributed by atoms with Gasteiger partial charge in [-0.2, -0.15) is 0 Å². The Morgan fingerprint density at radius 3 is 3.10 bits per heavy atom. The summed E-state index contributed by atoms with van der Waals surface area (Å²) < 4.78 is 11.3. The van der Waals surface area contributed by atoms with Crippen molar-refractivity contribution in [3.8, 4) is 5.75 Å². The Hall–Kier alpha value is -1.55. The second kappa shape index (κ2) is 8.67. The van der Waals surface area contributed by atoms with Gasteiger partial charge in [0.15, 0.2) is 0 Å². The molecule has 1 aromatic carbocycles. The number of hydrogen-bond acceptors (Lipinski definition) is 3. The second-order valence-corrected chi connectivity index (χ2v) is 5.48. The summed E-state index contributed by atoms with van der Waals surface area (Å²) in [7, 11) is 0. The lowest BCUT2D eigenvalue weighted by atomic mass is 10.2. The van der Waals surface area contributed by atoms with E-state index in [9.17, 15) is 4.79 Å². The van der Waals surface area contributed by atoms with Crippen LogP contribution in [0, 0.1) is 0 Å². The SMILES string of the molecule is CCCCCC(=O)Nc1cccc(OCC2CCCO2)c1. The quantitative estimate of drug-likeness (QED) is 0.742. The number of anilines is 1. The maximum atomic E-state index is 11.8. The van der Waals surface area contributed by atoms with Crippen molar-refractivity contribution in [2.24, 2.45) is 0 Å². The van der Waals surface area contributed by atoms with Crippen LogP contribution < -0.4 is 10.1 Å². The molecule has 1 heterocycles. The molecule has 1 aliphatic rings. The van der Waals surface area contributed by atoms with Crippen molar-refractivity contribution in [1.82, 2.24) is 0 Å². The first-order valence-corrected chi connectivity index (χ1v) is 7.92. The maximum Gasteiger partial charge on any atom is 0.224 e. The molecule has 21 heavy (non-hydrogen) atoms. The summed E-state index contributed by atoms with van der Waals surface area (Å²) in [4.78, 5) is 11.8. The van der Waals surface area contributed by atoms with E-state index < -0.39 is 0 Å². The largest absolute Gasteiger partial charge is 0.491 e. The first kappa shape index (κ1) is 15.8. The topological polar surface area (TPSA) is 47.6 Å².